The monoisotopic (exact) mass is 293 g/mol. The Hall–Kier alpha value is -2.62. The van der Waals surface area contributed by atoms with E-state index in [1.807, 2.05) is 30.5 Å². The fraction of sp³-hybridized carbons (Fsp3) is 0.222. The van der Waals surface area contributed by atoms with Gasteiger partial charge in [0.05, 0.1) is 11.4 Å². The highest BCUT2D eigenvalue weighted by Gasteiger charge is 2.22. The Bertz CT molecular complexity index is 768. The maximum Gasteiger partial charge on any atom is 0.115 e. The smallest absolute Gasteiger partial charge is 0.115 e. The predicted octanol–water partition coefficient (Wildman–Crippen LogP) is 4.14. The molecule has 0 radical (unpaired) electrons. The van der Waals surface area contributed by atoms with Crippen molar-refractivity contribution >= 4 is 0 Å². The summed E-state index contributed by atoms with van der Waals surface area (Å²) in [6.45, 7) is 6.37. The highest BCUT2D eigenvalue weighted by Crippen LogP contribution is 2.33. The van der Waals surface area contributed by atoms with Crippen LogP contribution in [-0.2, 0) is 5.41 Å². The second kappa shape index (κ2) is 5.30. The fourth-order valence-corrected chi connectivity index (χ4v) is 2.28. The Balaban J connectivity index is 2.19. The van der Waals surface area contributed by atoms with Gasteiger partial charge in [0, 0.05) is 28.9 Å². The molecule has 3 rings (SSSR count). The van der Waals surface area contributed by atoms with Gasteiger partial charge in [-0.2, -0.15) is 0 Å². The second-order valence-electron chi connectivity index (χ2n) is 6.35. The minimum Gasteiger partial charge on any atom is -0.508 e. The Morgan fingerprint density at radius 1 is 1.00 bits per heavy atom. The number of nitrogens with one attached hydrogen (secondary N) is 1. The van der Waals surface area contributed by atoms with Crippen molar-refractivity contribution in [1.29, 1.82) is 0 Å². The number of aromatic amines is 1. The van der Waals surface area contributed by atoms with Crippen LogP contribution < -0.4 is 0 Å². The van der Waals surface area contributed by atoms with Gasteiger partial charge in [0.15, 0.2) is 0 Å². The van der Waals surface area contributed by atoms with E-state index in [9.17, 15) is 5.11 Å². The van der Waals surface area contributed by atoms with Crippen LogP contribution in [0, 0.1) is 0 Å². The molecule has 1 aromatic carbocycles. The predicted molar refractivity (Wildman–Crippen MR) is 87.6 cm³/mol. The summed E-state index contributed by atoms with van der Waals surface area (Å²) in [6.07, 6.45) is 3.56. The van der Waals surface area contributed by atoms with E-state index in [1.54, 1.807) is 18.3 Å². The SMILES string of the molecule is CC(C)(C)c1nc(-c2cccnc2)c(-c2ccc(O)cc2)[nH]1. The number of rotatable bonds is 2. The third-order valence-corrected chi connectivity index (χ3v) is 3.51. The van der Waals surface area contributed by atoms with E-state index in [-0.39, 0.29) is 11.2 Å². The lowest BCUT2D eigenvalue weighted by atomic mass is 9.96. The molecule has 0 bridgehead atoms. The van der Waals surface area contributed by atoms with E-state index in [4.69, 9.17) is 4.98 Å². The Labute approximate surface area is 129 Å². The third kappa shape index (κ3) is 2.72. The molecule has 2 heterocycles. The number of nitrogens with zero attached hydrogens (tertiary/aromatic N) is 2. The van der Waals surface area contributed by atoms with Crippen molar-refractivity contribution in [2.45, 2.75) is 26.2 Å². The first-order valence-corrected chi connectivity index (χ1v) is 7.25. The van der Waals surface area contributed by atoms with Gasteiger partial charge in [-0.3, -0.25) is 4.98 Å². The van der Waals surface area contributed by atoms with Gasteiger partial charge >= 0.3 is 0 Å². The number of benzene rings is 1. The van der Waals surface area contributed by atoms with Gasteiger partial charge in [-0.15, -0.1) is 0 Å². The molecule has 4 nitrogen and oxygen atoms in total. The molecular weight excluding hydrogens is 274 g/mol. The van der Waals surface area contributed by atoms with Crippen LogP contribution in [0.5, 0.6) is 5.75 Å². The van der Waals surface area contributed by atoms with Crippen LogP contribution in [0.4, 0.5) is 0 Å². The van der Waals surface area contributed by atoms with E-state index >= 15 is 0 Å². The van der Waals surface area contributed by atoms with Gasteiger partial charge in [-0.25, -0.2) is 4.98 Å². The third-order valence-electron chi connectivity index (χ3n) is 3.51. The number of aromatic hydroxyl groups is 1. The Kier molecular flexibility index (Phi) is 3.45. The van der Waals surface area contributed by atoms with Crippen molar-refractivity contribution in [3.63, 3.8) is 0 Å². The van der Waals surface area contributed by atoms with Gasteiger partial charge < -0.3 is 10.1 Å². The zero-order valence-corrected chi connectivity index (χ0v) is 13.0. The van der Waals surface area contributed by atoms with Gasteiger partial charge in [0.2, 0.25) is 0 Å². The first-order chi connectivity index (χ1) is 10.4. The molecule has 2 aromatic heterocycles. The minimum atomic E-state index is -0.0773. The van der Waals surface area contributed by atoms with Gasteiger partial charge in [0.25, 0.3) is 0 Å². The lowest BCUT2D eigenvalue weighted by molar-refractivity contribution is 0.475. The van der Waals surface area contributed by atoms with Crippen LogP contribution in [-0.4, -0.2) is 20.1 Å². The average Bonchev–Trinajstić information content (AvgIpc) is 2.94. The fourth-order valence-electron chi connectivity index (χ4n) is 2.28. The van der Waals surface area contributed by atoms with Crippen molar-refractivity contribution in [2.75, 3.05) is 0 Å². The molecule has 0 spiro atoms. The van der Waals surface area contributed by atoms with Crippen molar-refractivity contribution in [3.05, 3.63) is 54.6 Å². The van der Waals surface area contributed by atoms with E-state index in [0.717, 1.165) is 28.3 Å². The molecule has 4 heteroatoms. The van der Waals surface area contributed by atoms with E-state index < -0.39 is 0 Å². The molecule has 22 heavy (non-hydrogen) atoms. The van der Waals surface area contributed by atoms with E-state index in [2.05, 4.69) is 30.7 Å². The lowest BCUT2D eigenvalue weighted by Gasteiger charge is -2.14. The first-order valence-electron chi connectivity index (χ1n) is 7.25. The summed E-state index contributed by atoms with van der Waals surface area (Å²) in [5, 5.41) is 9.49. The molecule has 0 amide bonds. The molecule has 2 N–H and O–H groups in total. The van der Waals surface area contributed by atoms with Crippen molar-refractivity contribution < 1.29 is 5.11 Å². The average molecular weight is 293 g/mol. The molecule has 0 fully saturated rings. The molecule has 3 aromatic rings. The number of imidazole rings is 1. The van der Waals surface area contributed by atoms with Gasteiger partial charge in [0.1, 0.15) is 11.6 Å². The summed E-state index contributed by atoms with van der Waals surface area (Å²) in [7, 11) is 0. The summed E-state index contributed by atoms with van der Waals surface area (Å²) in [4.78, 5) is 12.4. The van der Waals surface area contributed by atoms with Crippen molar-refractivity contribution in [1.82, 2.24) is 15.0 Å². The number of aromatic nitrogens is 3. The first kappa shape index (κ1) is 14.3. The van der Waals surface area contributed by atoms with Crippen LogP contribution in [0.2, 0.25) is 0 Å². The van der Waals surface area contributed by atoms with Crippen LogP contribution in [0.15, 0.2) is 48.8 Å². The number of H-pyrrole nitrogens is 1. The minimum absolute atomic E-state index is 0.0773. The topological polar surface area (TPSA) is 61.8 Å². The highest BCUT2D eigenvalue weighted by atomic mass is 16.3. The molecule has 0 aliphatic heterocycles. The Morgan fingerprint density at radius 2 is 1.73 bits per heavy atom. The van der Waals surface area contributed by atoms with E-state index in [0.29, 0.717) is 0 Å². The second-order valence-corrected chi connectivity index (χ2v) is 6.35. The zero-order chi connectivity index (χ0) is 15.7. The summed E-state index contributed by atoms with van der Waals surface area (Å²) >= 11 is 0. The molecule has 112 valence electrons. The normalized spacial score (nSPS) is 11.6. The van der Waals surface area contributed by atoms with Gasteiger partial charge in [-0.05, 0) is 36.4 Å². The van der Waals surface area contributed by atoms with Gasteiger partial charge in [-0.1, -0.05) is 20.8 Å². The van der Waals surface area contributed by atoms with E-state index in [1.165, 1.54) is 0 Å². The molecule has 0 unspecified atom stereocenters. The van der Waals surface area contributed by atoms with Crippen LogP contribution in [0.3, 0.4) is 0 Å². The number of pyridine rings is 1. The van der Waals surface area contributed by atoms with Crippen LogP contribution >= 0.6 is 0 Å². The highest BCUT2D eigenvalue weighted by molar-refractivity contribution is 5.78. The van der Waals surface area contributed by atoms with Crippen LogP contribution in [0.25, 0.3) is 22.5 Å². The summed E-state index contributed by atoms with van der Waals surface area (Å²) in [5.74, 6) is 1.18. The van der Waals surface area contributed by atoms with Crippen molar-refractivity contribution in [3.8, 4) is 28.3 Å². The lowest BCUT2D eigenvalue weighted by Crippen LogP contribution is -2.13. The Morgan fingerprint density at radius 3 is 2.32 bits per heavy atom. The molecule has 0 aliphatic carbocycles. The standard InChI is InChI=1S/C18H19N3O/c1-18(2,3)17-20-15(12-6-8-14(22)9-7-12)16(21-17)13-5-4-10-19-11-13/h4-11,22H,1-3H3,(H,20,21). The number of hydrogen-bond acceptors (Lipinski definition) is 3. The zero-order valence-electron chi connectivity index (χ0n) is 13.0. The molecular formula is C18H19N3O. The molecule has 0 saturated heterocycles. The van der Waals surface area contributed by atoms with Crippen LogP contribution in [0.1, 0.15) is 26.6 Å². The largest absolute Gasteiger partial charge is 0.508 e. The van der Waals surface area contributed by atoms with Crippen molar-refractivity contribution in [2.24, 2.45) is 0 Å². The summed E-state index contributed by atoms with van der Waals surface area (Å²) in [5.41, 5.74) is 3.70. The number of phenolic OH excluding ortho intramolecular Hbond substituents is 1. The molecule has 0 saturated carbocycles. The maximum atomic E-state index is 9.49. The summed E-state index contributed by atoms with van der Waals surface area (Å²) < 4.78 is 0. The molecule has 0 atom stereocenters. The maximum absolute atomic E-state index is 9.49. The number of phenols is 1. The quantitative estimate of drug-likeness (QED) is 0.746. The molecule has 0 aliphatic rings. The summed E-state index contributed by atoms with van der Waals surface area (Å²) in [6, 6.07) is 11.0. The number of hydrogen-bond donors (Lipinski definition) is 2.